The van der Waals surface area contributed by atoms with Crippen LogP contribution in [0.1, 0.15) is 58.3 Å². The Kier molecular flexibility index (Phi) is 10.3. The van der Waals surface area contributed by atoms with Crippen molar-refractivity contribution in [2.45, 2.75) is 70.4 Å². The van der Waals surface area contributed by atoms with Gasteiger partial charge in [-0.25, -0.2) is 0 Å². The van der Waals surface area contributed by atoms with Crippen LogP contribution in [0.15, 0.2) is 0 Å². The first kappa shape index (κ1) is 18.7. The summed E-state index contributed by atoms with van der Waals surface area (Å²) in [4.78, 5) is 12.0. The van der Waals surface area contributed by atoms with Crippen LogP contribution in [0, 0.1) is 0 Å². The molecule has 0 bridgehead atoms. The second-order valence-corrected chi connectivity index (χ2v) is 5.31. The van der Waals surface area contributed by atoms with Crippen molar-refractivity contribution in [1.29, 1.82) is 0 Å². The zero-order valence-corrected chi connectivity index (χ0v) is 12.7. The van der Waals surface area contributed by atoms with Gasteiger partial charge in [0, 0.05) is 12.5 Å². The Bertz CT molecular complexity index is 237. The van der Waals surface area contributed by atoms with Gasteiger partial charge in [0.05, 0.1) is 6.10 Å². The summed E-state index contributed by atoms with van der Waals surface area (Å²) in [6.45, 7) is 4.21. The van der Waals surface area contributed by atoms with Crippen LogP contribution in [-0.2, 0) is 4.79 Å². The van der Waals surface area contributed by atoms with E-state index in [-0.39, 0.29) is 24.9 Å². The van der Waals surface area contributed by atoms with E-state index in [2.05, 4.69) is 4.90 Å². The number of hydrogen-bond acceptors (Lipinski definition) is 3. The van der Waals surface area contributed by atoms with Crippen molar-refractivity contribution in [1.82, 2.24) is 4.90 Å². The molecule has 5 heteroatoms. The number of hydrogen-bond donors (Lipinski definition) is 2. The van der Waals surface area contributed by atoms with Crippen LogP contribution in [0.2, 0.25) is 0 Å². The number of carboxylic acid groups (broad SMARTS) is 1. The molecule has 1 aliphatic heterocycles. The molecular weight excluding hydrogens is 266 g/mol. The number of rotatable bonds is 2. The average Bonchev–Trinajstić information content (AvgIpc) is 2.41. The molecule has 0 radical (unpaired) electrons. The summed E-state index contributed by atoms with van der Waals surface area (Å²) in [7, 11) is 0. The first-order valence-corrected chi connectivity index (χ1v) is 7.27. The van der Waals surface area contributed by atoms with Gasteiger partial charge >= 0.3 is 5.97 Å². The van der Waals surface area contributed by atoms with E-state index >= 15 is 0 Å². The van der Waals surface area contributed by atoms with Gasteiger partial charge in [-0.05, 0) is 51.6 Å². The van der Waals surface area contributed by atoms with Crippen LogP contribution in [0.25, 0.3) is 0 Å². The Morgan fingerprint density at radius 1 is 1.11 bits per heavy atom. The maximum absolute atomic E-state index is 9.41. The highest BCUT2D eigenvalue weighted by atomic mass is 35.5. The number of carboxylic acids is 1. The van der Waals surface area contributed by atoms with Gasteiger partial charge in [0.15, 0.2) is 0 Å². The third kappa shape index (κ3) is 7.75. The van der Waals surface area contributed by atoms with E-state index in [1.54, 1.807) is 6.92 Å². The van der Waals surface area contributed by atoms with Gasteiger partial charge in [-0.15, -0.1) is 12.4 Å². The van der Waals surface area contributed by atoms with Crippen LogP contribution in [-0.4, -0.2) is 46.3 Å². The summed E-state index contributed by atoms with van der Waals surface area (Å²) < 4.78 is 0. The molecule has 1 aliphatic carbocycles. The number of nitrogens with zero attached hydrogens (tertiary/aromatic N) is 1. The predicted octanol–water partition coefficient (Wildman–Crippen LogP) is 2.68. The molecule has 0 spiro atoms. The Morgan fingerprint density at radius 3 is 2.00 bits per heavy atom. The summed E-state index contributed by atoms with van der Waals surface area (Å²) in [5.41, 5.74) is 0. The zero-order valence-electron chi connectivity index (χ0n) is 11.9. The van der Waals surface area contributed by atoms with Gasteiger partial charge < -0.3 is 15.1 Å². The van der Waals surface area contributed by atoms with E-state index < -0.39 is 5.97 Å². The van der Waals surface area contributed by atoms with E-state index in [1.807, 2.05) is 0 Å². The normalized spacial score (nSPS) is 27.7. The van der Waals surface area contributed by atoms with Gasteiger partial charge in [-0.2, -0.15) is 0 Å². The van der Waals surface area contributed by atoms with E-state index in [4.69, 9.17) is 5.11 Å². The molecule has 1 saturated heterocycles. The number of aliphatic hydroxyl groups excluding tert-OH is 1. The van der Waals surface area contributed by atoms with Crippen LogP contribution < -0.4 is 0 Å². The molecule has 0 aromatic heterocycles. The fourth-order valence-corrected chi connectivity index (χ4v) is 2.71. The molecule has 114 valence electrons. The molecule has 2 rings (SSSR count). The quantitative estimate of drug-likeness (QED) is 0.822. The Labute approximate surface area is 122 Å². The molecule has 0 aromatic rings. The number of halogens is 1. The fourth-order valence-electron chi connectivity index (χ4n) is 2.71. The van der Waals surface area contributed by atoms with Gasteiger partial charge in [-0.1, -0.05) is 13.3 Å². The van der Waals surface area contributed by atoms with Crippen molar-refractivity contribution < 1.29 is 15.0 Å². The topological polar surface area (TPSA) is 60.8 Å². The first-order chi connectivity index (χ1) is 8.63. The molecule has 2 fully saturated rings. The molecule has 0 amide bonds. The lowest BCUT2D eigenvalue weighted by atomic mass is 9.91. The summed E-state index contributed by atoms with van der Waals surface area (Å²) in [5, 5.41) is 17.1. The van der Waals surface area contributed by atoms with E-state index in [9.17, 15) is 9.90 Å². The molecule has 1 saturated carbocycles. The highest BCUT2D eigenvalue weighted by Gasteiger charge is 2.25. The molecule has 0 atom stereocenters. The minimum absolute atomic E-state index is 0. The second-order valence-electron chi connectivity index (χ2n) is 5.31. The Hall–Kier alpha value is -0.320. The number of aliphatic carboxylic acids is 1. The minimum atomic E-state index is -0.745. The number of likely N-dealkylation sites (tertiary alicyclic amines) is 1. The Balaban J connectivity index is 0.000000471. The minimum Gasteiger partial charge on any atom is -0.481 e. The second kappa shape index (κ2) is 10.5. The van der Waals surface area contributed by atoms with Crippen molar-refractivity contribution >= 4 is 18.4 Å². The molecule has 0 aromatic carbocycles. The Morgan fingerprint density at radius 2 is 1.58 bits per heavy atom. The molecule has 2 aliphatic rings. The van der Waals surface area contributed by atoms with Gasteiger partial charge in [0.1, 0.15) is 0 Å². The lowest BCUT2D eigenvalue weighted by Crippen LogP contribution is -2.41. The summed E-state index contributed by atoms with van der Waals surface area (Å²) in [5.74, 6) is -0.745. The van der Waals surface area contributed by atoms with Gasteiger partial charge in [0.2, 0.25) is 0 Å². The standard InChI is InChI=1S/C11H21NO.C3H6O2.ClH/c13-11-6-4-10(5-7-11)12-8-2-1-3-9-12;1-2-3(4)5;/h10-11,13H,1-9H2;2H2,1H3,(H,4,5);1H. The third-order valence-corrected chi connectivity index (χ3v) is 3.88. The monoisotopic (exact) mass is 293 g/mol. The summed E-state index contributed by atoms with van der Waals surface area (Å²) in [6, 6.07) is 0.795. The number of piperidine rings is 1. The van der Waals surface area contributed by atoms with Crippen LogP contribution in [0.4, 0.5) is 0 Å². The number of carbonyl (C=O) groups is 1. The maximum atomic E-state index is 9.41. The summed E-state index contributed by atoms with van der Waals surface area (Å²) in [6.07, 6.45) is 8.93. The fraction of sp³-hybridized carbons (Fsp3) is 0.929. The van der Waals surface area contributed by atoms with E-state index in [0.29, 0.717) is 0 Å². The van der Waals surface area contributed by atoms with Crippen molar-refractivity contribution in [2.24, 2.45) is 0 Å². The zero-order chi connectivity index (χ0) is 13.4. The first-order valence-electron chi connectivity index (χ1n) is 7.27. The van der Waals surface area contributed by atoms with Crippen LogP contribution in [0.5, 0.6) is 0 Å². The predicted molar refractivity (Wildman–Crippen MR) is 78.9 cm³/mol. The molecular formula is C14H28ClNO3. The van der Waals surface area contributed by atoms with Gasteiger partial charge in [-0.3, -0.25) is 4.79 Å². The maximum Gasteiger partial charge on any atom is 0.303 e. The SMILES string of the molecule is CCC(=O)O.Cl.OC1CCC(N2CCCCC2)CC1. The smallest absolute Gasteiger partial charge is 0.303 e. The highest BCUT2D eigenvalue weighted by molar-refractivity contribution is 5.85. The van der Waals surface area contributed by atoms with Crippen LogP contribution >= 0.6 is 12.4 Å². The molecule has 19 heavy (non-hydrogen) atoms. The van der Waals surface area contributed by atoms with Crippen molar-refractivity contribution in [3.8, 4) is 0 Å². The lowest BCUT2D eigenvalue weighted by molar-refractivity contribution is -0.136. The third-order valence-electron chi connectivity index (χ3n) is 3.88. The summed E-state index contributed by atoms with van der Waals surface area (Å²) >= 11 is 0. The largest absolute Gasteiger partial charge is 0.481 e. The average molecular weight is 294 g/mol. The molecule has 2 N–H and O–H groups in total. The van der Waals surface area contributed by atoms with Gasteiger partial charge in [0.25, 0.3) is 0 Å². The van der Waals surface area contributed by atoms with Crippen molar-refractivity contribution in [2.75, 3.05) is 13.1 Å². The number of aliphatic hydroxyl groups is 1. The van der Waals surface area contributed by atoms with Crippen molar-refractivity contribution in [3.05, 3.63) is 0 Å². The molecule has 1 heterocycles. The van der Waals surface area contributed by atoms with E-state index in [1.165, 1.54) is 45.2 Å². The lowest BCUT2D eigenvalue weighted by Gasteiger charge is -2.37. The van der Waals surface area contributed by atoms with E-state index in [0.717, 1.165) is 18.9 Å². The highest BCUT2D eigenvalue weighted by Crippen LogP contribution is 2.25. The van der Waals surface area contributed by atoms with Crippen molar-refractivity contribution in [3.63, 3.8) is 0 Å². The molecule has 0 unspecified atom stereocenters. The molecule has 4 nitrogen and oxygen atoms in total. The van der Waals surface area contributed by atoms with Crippen LogP contribution in [0.3, 0.4) is 0 Å².